The first-order chi connectivity index (χ1) is 11.7. The third-order valence-electron chi connectivity index (χ3n) is 3.43. The SMILES string of the molecule is CC.CC.CCC.Cc1ncc(-c2ccc(C)c3c2C=CCC3)[nH]1.[HH]. The zero-order chi connectivity index (χ0) is 18.5. The molecule has 3 rings (SSSR count). The Balaban J connectivity index is 0. The third kappa shape index (κ3) is 5.99. The molecule has 0 atom stereocenters. The highest BCUT2D eigenvalue weighted by molar-refractivity contribution is 5.76. The van der Waals surface area contributed by atoms with Gasteiger partial charge in [-0.25, -0.2) is 4.98 Å². The minimum absolute atomic E-state index is 0. The summed E-state index contributed by atoms with van der Waals surface area (Å²) in [6.45, 7) is 16.4. The molecule has 0 radical (unpaired) electrons. The Kier molecular flexibility index (Phi) is 11.6. The molecule has 0 spiro atoms. The van der Waals surface area contributed by atoms with E-state index in [1.54, 1.807) is 0 Å². The first-order valence-electron chi connectivity index (χ1n) is 9.48. The summed E-state index contributed by atoms with van der Waals surface area (Å²) in [6.07, 6.45) is 9.98. The molecule has 0 saturated carbocycles. The smallest absolute Gasteiger partial charge is 0.103 e. The van der Waals surface area contributed by atoms with Crippen molar-refractivity contribution in [2.45, 2.75) is 74.7 Å². The van der Waals surface area contributed by atoms with E-state index in [-0.39, 0.29) is 1.43 Å². The van der Waals surface area contributed by atoms with Crippen LogP contribution in [0.3, 0.4) is 0 Å². The maximum absolute atomic E-state index is 4.28. The summed E-state index contributed by atoms with van der Waals surface area (Å²) in [5, 5.41) is 0. The monoisotopic (exact) mass is 330 g/mol. The van der Waals surface area contributed by atoms with E-state index in [9.17, 15) is 0 Å². The van der Waals surface area contributed by atoms with Crippen LogP contribution in [0.4, 0.5) is 0 Å². The molecule has 0 unspecified atom stereocenters. The molecule has 1 aliphatic carbocycles. The summed E-state index contributed by atoms with van der Waals surface area (Å²) in [6, 6.07) is 4.40. The number of allylic oxidation sites excluding steroid dienone is 1. The molecule has 136 valence electrons. The summed E-state index contributed by atoms with van der Waals surface area (Å²) in [7, 11) is 0. The van der Waals surface area contributed by atoms with Crippen molar-refractivity contribution in [3.05, 3.63) is 46.9 Å². The second kappa shape index (κ2) is 12.6. The van der Waals surface area contributed by atoms with Crippen molar-refractivity contribution in [1.29, 1.82) is 0 Å². The molecule has 1 aliphatic rings. The van der Waals surface area contributed by atoms with Crippen LogP contribution in [0.2, 0.25) is 0 Å². The second-order valence-corrected chi connectivity index (χ2v) is 5.35. The lowest BCUT2D eigenvalue weighted by atomic mass is 9.89. The summed E-state index contributed by atoms with van der Waals surface area (Å²) < 4.78 is 0. The summed E-state index contributed by atoms with van der Waals surface area (Å²) in [4.78, 5) is 7.60. The van der Waals surface area contributed by atoms with E-state index in [4.69, 9.17) is 0 Å². The van der Waals surface area contributed by atoms with Crippen LogP contribution in [-0.4, -0.2) is 9.97 Å². The van der Waals surface area contributed by atoms with Gasteiger partial charge < -0.3 is 4.98 Å². The Morgan fingerprint density at radius 1 is 1.08 bits per heavy atom. The third-order valence-corrected chi connectivity index (χ3v) is 3.43. The fourth-order valence-electron chi connectivity index (χ4n) is 2.52. The first-order valence-corrected chi connectivity index (χ1v) is 9.48. The topological polar surface area (TPSA) is 28.7 Å². The molecule has 0 aliphatic heterocycles. The number of benzene rings is 1. The van der Waals surface area contributed by atoms with Crippen molar-refractivity contribution in [3.8, 4) is 11.3 Å². The zero-order valence-electron chi connectivity index (χ0n) is 17.0. The number of nitrogens with one attached hydrogen (secondary N) is 1. The zero-order valence-corrected chi connectivity index (χ0v) is 17.0. The van der Waals surface area contributed by atoms with E-state index in [0.29, 0.717) is 0 Å². The quantitative estimate of drug-likeness (QED) is 0.581. The summed E-state index contributed by atoms with van der Waals surface area (Å²) in [5.41, 5.74) is 6.62. The van der Waals surface area contributed by atoms with Crippen molar-refractivity contribution in [3.63, 3.8) is 0 Å². The number of imidazole rings is 1. The lowest BCUT2D eigenvalue weighted by molar-refractivity contribution is 0.971. The largest absolute Gasteiger partial charge is 0.342 e. The number of aromatic amines is 1. The first kappa shape index (κ1) is 22.2. The van der Waals surface area contributed by atoms with Crippen molar-refractivity contribution in [2.24, 2.45) is 0 Å². The van der Waals surface area contributed by atoms with Gasteiger partial charge in [0, 0.05) is 6.99 Å². The Hall–Kier alpha value is -1.83. The van der Waals surface area contributed by atoms with Crippen LogP contribution in [0.15, 0.2) is 24.4 Å². The maximum atomic E-state index is 4.28. The molecule has 0 bridgehead atoms. The standard InChI is InChI=1S/C15H16N2.C3H8.2C2H6.H2/c1-10-7-8-14(15-9-16-11(2)17-15)13-6-4-3-5-12(10)13;1-3-2;2*1-2;/h4,6-9H,3,5H2,1-2H3,(H,16,17);3H2,1-2H3;2*1-2H3;1H. The molecule has 0 amide bonds. The van der Waals surface area contributed by atoms with Gasteiger partial charge in [-0.2, -0.15) is 0 Å². The highest BCUT2D eigenvalue weighted by Crippen LogP contribution is 2.31. The number of hydrogen-bond donors (Lipinski definition) is 1. The molecule has 1 N–H and O–H groups in total. The molecule has 1 aromatic carbocycles. The van der Waals surface area contributed by atoms with Crippen LogP contribution in [0.25, 0.3) is 17.3 Å². The number of aryl methyl sites for hydroxylation is 2. The summed E-state index contributed by atoms with van der Waals surface area (Å²) in [5.74, 6) is 0.967. The lowest BCUT2D eigenvalue weighted by Gasteiger charge is -2.16. The molecule has 2 nitrogen and oxygen atoms in total. The highest BCUT2D eigenvalue weighted by atomic mass is 14.9. The van der Waals surface area contributed by atoms with Gasteiger partial charge in [0.25, 0.3) is 0 Å². The van der Waals surface area contributed by atoms with Crippen LogP contribution < -0.4 is 0 Å². The van der Waals surface area contributed by atoms with Crippen LogP contribution in [0, 0.1) is 13.8 Å². The van der Waals surface area contributed by atoms with Crippen LogP contribution in [0.1, 0.15) is 78.3 Å². The van der Waals surface area contributed by atoms with Gasteiger partial charge in [0.2, 0.25) is 0 Å². The minimum Gasteiger partial charge on any atom is -0.342 e. The molecule has 2 aromatic rings. The van der Waals surface area contributed by atoms with E-state index in [0.717, 1.165) is 24.4 Å². The predicted molar refractivity (Wildman–Crippen MR) is 112 cm³/mol. The maximum Gasteiger partial charge on any atom is 0.103 e. The van der Waals surface area contributed by atoms with Gasteiger partial charge in [-0.1, -0.05) is 72.2 Å². The van der Waals surface area contributed by atoms with Crippen LogP contribution in [0.5, 0.6) is 0 Å². The number of rotatable bonds is 1. The molecule has 1 heterocycles. The highest BCUT2D eigenvalue weighted by Gasteiger charge is 2.13. The van der Waals surface area contributed by atoms with E-state index in [1.165, 1.54) is 28.7 Å². The average molecular weight is 331 g/mol. The van der Waals surface area contributed by atoms with E-state index in [2.05, 4.69) is 55.0 Å². The number of hydrogen-bond acceptors (Lipinski definition) is 1. The fourth-order valence-corrected chi connectivity index (χ4v) is 2.52. The lowest BCUT2D eigenvalue weighted by Crippen LogP contribution is -1.99. The molecule has 1 aromatic heterocycles. The second-order valence-electron chi connectivity index (χ2n) is 5.35. The van der Waals surface area contributed by atoms with Gasteiger partial charge in [-0.15, -0.1) is 0 Å². The Morgan fingerprint density at radius 2 is 1.71 bits per heavy atom. The Morgan fingerprint density at radius 3 is 2.25 bits per heavy atom. The molecular formula is C22H38N2. The van der Waals surface area contributed by atoms with Crippen molar-refractivity contribution < 1.29 is 1.43 Å². The van der Waals surface area contributed by atoms with Crippen LogP contribution >= 0.6 is 0 Å². The van der Waals surface area contributed by atoms with Gasteiger partial charge in [0.05, 0.1) is 11.9 Å². The van der Waals surface area contributed by atoms with Crippen molar-refractivity contribution in [1.82, 2.24) is 9.97 Å². The Bertz CT molecular complexity index is 612. The minimum atomic E-state index is 0. The molecular weight excluding hydrogens is 292 g/mol. The van der Waals surface area contributed by atoms with Gasteiger partial charge in [-0.3, -0.25) is 0 Å². The fraction of sp³-hybridized carbons (Fsp3) is 0.500. The van der Waals surface area contributed by atoms with E-state index >= 15 is 0 Å². The number of H-pyrrole nitrogens is 1. The van der Waals surface area contributed by atoms with Crippen molar-refractivity contribution >= 4 is 6.08 Å². The molecule has 0 fully saturated rings. The summed E-state index contributed by atoms with van der Waals surface area (Å²) >= 11 is 0. The number of fused-ring (bicyclic) bond motifs is 1. The van der Waals surface area contributed by atoms with Crippen molar-refractivity contribution in [2.75, 3.05) is 0 Å². The van der Waals surface area contributed by atoms with Gasteiger partial charge >= 0.3 is 0 Å². The Labute approximate surface area is 150 Å². The number of nitrogens with zero attached hydrogens (tertiary/aromatic N) is 1. The predicted octanol–water partition coefficient (Wildman–Crippen LogP) is 7.37. The van der Waals surface area contributed by atoms with E-state index < -0.39 is 0 Å². The average Bonchev–Trinajstić information content (AvgIpc) is 3.06. The van der Waals surface area contributed by atoms with Gasteiger partial charge in [0.15, 0.2) is 0 Å². The van der Waals surface area contributed by atoms with Gasteiger partial charge in [-0.05, 0) is 43.4 Å². The van der Waals surface area contributed by atoms with E-state index in [1.807, 2.05) is 40.8 Å². The van der Waals surface area contributed by atoms with Crippen LogP contribution in [-0.2, 0) is 6.42 Å². The number of aromatic nitrogens is 2. The molecule has 2 heteroatoms. The normalized spacial score (nSPS) is 11.0. The van der Waals surface area contributed by atoms with Gasteiger partial charge in [0.1, 0.15) is 5.82 Å². The molecule has 24 heavy (non-hydrogen) atoms. The molecule has 0 saturated heterocycles.